The smallest absolute Gasteiger partial charge is 0.0907 e. The second-order valence-corrected chi connectivity index (χ2v) is 2.67. The number of aliphatic hydroxyl groups excluding tert-OH is 1. The molecule has 0 aromatic rings. The minimum Gasteiger partial charge on any atom is -0.394 e. The highest BCUT2D eigenvalue weighted by molar-refractivity contribution is 5.25. The van der Waals surface area contributed by atoms with Gasteiger partial charge in [0.05, 0.1) is 18.8 Å². The Labute approximate surface area is 67.2 Å². The molecule has 1 unspecified atom stereocenters. The molecule has 0 spiro atoms. The van der Waals surface area contributed by atoms with E-state index in [-0.39, 0.29) is 12.2 Å². The molecule has 0 aliphatic heterocycles. The Kier molecular flexibility index (Phi) is 2.85. The topological polar surface area (TPSA) is 29.5 Å². The monoisotopic (exact) mass is 153 g/mol. The first-order chi connectivity index (χ1) is 5.27. The maximum absolute atomic E-state index is 8.53. The highest BCUT2D eigenvalue weighted by atomic mass is 16.5. The van der Waals surface area contributed by atoms with Crippen molar-refractivity contribution in [2.45, 2.75) is 12.5 Å². The molecule has 1 aliphatic rings. The zero-order chi connectivity index (χ0) is 8.16. The van der Waals surface area contributed by atoms with E-state index in [1.807, 2.05) is 37.6 Å². The highest BCUT2D eigenvalue weighted by Crippen LogP contribution is 2.19. The van der Waals surface area contributed by atoms with E-state index in [0.29, 0.717) is 6.61 Å². The number of hydrogen-bond acceptors (Lipinski definition) is 2. The molecular formula is C9H13O2. The van der Waals surface area contributed by atoms with Crippen molar-refractivity contribution < 1.29 is 9.84 Å². The summed E-state index contributed by atoms with van der Waals surface area (Å²) < 4.78 is 5.38. The van der Waals surface area contributed by atoms with Crippen LogP contribution in [0, 0.1) is 6.42 Å². The molecule has 0 aromatic carbocycles. The van der Waals surface area contributed by atoms with Crippen LogP contribution >= 0.6 is 0 Å². The fourth-order valence-electron chi connectivity index (χ4n) is 0.975. The number of ether oxygens (including phenoxy) is 1. The normalized spacial score (nSPS) is 29.3. The lowest BCUT2D eigenvalue weighted by Crippen LogP contribution is -2.28. The van der Waals surface area contributed by atoms with Crippen LogP contribution in [0.5, 0.6) is 0 Å². The summed E-state index contributed by atoms with van der Waals surface area (Å²) in [5.74, 6) is 0. The van der Waals surface area contributed by atoms with Gasteiger partial charge in [0.15, 0.2) is 0 Å². The summed E-state index contributed by atoms with van der Waals surface area (Å²) in [6, 6.07) is 0. The van der Waals surface area contributed by atoms with Gasteiger partial charge in [-0.25, -0.2) is 0 Å². The Morgan fingerprint density at radius 2 is 2.18 bits per heavy atom. The van der Waals surface area contributed by atoms with E-state index in [0.717, 1.165) is 0 Å². The first-order valence-electron chi connectivity index (χ1n) is 3.72. The first-order valence-corrected chi connectivity index (χ1v) is 3.72. The Balaban J connectivity index is 2.40. The van der Waals surface area contributed by atoms with Gasteiger partial charge in [-0.05, 0) is 6.92 Å². The van der Waals surface area contributed by atoms with Crippen molar-refractivity contribution in [1.29, 1.82) is 0 Å². The Bertz CT molecular complexity index is 172. The fraction of sp³-hybridized carbons (Fsp3) is 0.444. The molecule has 0 saturated heterocycles. The second-order valence-electron chi connectivity index (χ2n) is 2.67. The molecule has 0 amide bonds. The molecule has 1 radical (unpaired) electrons. The molecular weight excluding hydrogens is 140 g/mol. The predicted molar refractivity (Wildman–Crippen MR) is 44.0 cm³/mol. The van der Waals surface area contributed by atoms with Crippen molar-refractivity contribution in [2.24, 2.45) is 0 Å². The summed E-state index contributed by atoms with van der Waals surface area (Å²) >= 11 is 0. The van der Waals surface area contributed by atoms with E-state index < -0.39 is 0 Å². The van der Waals surface area contributed by atoms with Crippen molar-refractivity contribution in [3.63, 3.8) is 0 Å². The van der Waals surface area contributed by atoms with Crippen LogP contribution < -0.4 is 0 Å². The number of allylic oxidation sites excluding steroid dienone is 2. The first kappa shape index (κ1) is 8.50. The van der Waals surface area contributed by atoms with Crippen LogP contribution in [0.2, 0.25) is 0 Å². The van der Waals surface area contributed by atoms with Gasteiger partial charge in [-0.1, -0.05) is 24.3 Å². The van der Waals surface area contributed by atoms with Crippen molar-refractivity contribution in [2.75, 3.05) is 13.2 Å². The van der Waals surface area contributed by atoms with Crippen molar-refractivity contribution in [3.05, 3.63) is 30.7 Å². The number of aliphatic hydroxyl groups is 1. The summed E-state index contributed by atoms with van der Waals surface area (Å²) in [4.78, 5) is 0. The summed E-state index contributed by atoms with van der Waals surface area (Å²) in [7, 11) is 0. The van der Waals surface area contributed by atoms with Gasteiger partial charge >= 0.3 is 0 Å². The summed E-state index contributed by atoms with van der Waals surface area (Å²) in [6.45, 7) is 2.41. The minimum absolute atomic E-state index is 0.0704. The van der Waals surface area contributed by atoms with E-state index in [1.165, 1.54) is 0 Å². The lowest BCUT2D eigenvalue weighted by molar-refractivity contribution is 0.0102. The molecule has 0 bridgehead atoms. The molecule has 11 heavy (non-hydrogen) atoms. The fourth-order valence-corrected chi connectivity index (χ4v) is 0.975. The quantitative estimate of drug-likeness (QED) is 0.657. The average Bonchev–Trinajstić information content (AvgIpc) is 2.03. The number of rotatable bonds is 3. The third kappa shape index (κ3) is 2.48. The van der Waals surface area contributed by atoms with Crippen molar-refractivity contribution >= 4 is 0 Å². The average molecular weight is 153 g/mol. The van der Waals surface area contributed by atoms with Gasteiger partial charge in [-0.15, -0.1) is 0 Å². The van der Waals surface area contributed by atoms with Gasteiger partial charge in [0.1, 0.15) is 0 Å². The van der Waals surface area contributed by atoms with Crippen molar-refractivity contribution in [3.8, 4) is 0 Å². The number of hydrogen-bond donors (Lipinski definition) is 1. The van der Waals surface area contributed by atoms with Gasteiger partial charge in [-0.2, -0.15) is 0 Å². The third-order valence-electron chi connectivity index (χ3n) is 1.58. The Morgan fingerprint density at radius 1 is 1.36 bits per heavy atom. The van der Waals surface area contributed by atoms with Crippen LogP contribution in [0.25, 0.3) is 0 Å². The van der Waals surface area contributed by atoms with Gasteiger partial charge < -0.3 is 9.84 Å². The predicted octanol–water partition coefficient (Wildman–Crippen LogP) is 1.08. The van der Waals surface area contributed by atoms with E-state index in [4.69, 9.17) is 9.84 Å². The molecule has 0 heterocycles. The lowest BCUT2D eigenvalue weighted by Gasteiger charge is -2.25. The highest BCUT2D eigenvalue weighted by Gasteiger charge is 2.20. The van der Waals surface area contributed by atoms with Gasteiger partial charge in [0.25, 0.3) is 0 Å². The van der Waals surface area contributed by atoms with Gasteiger partial charge in [-0.3, -0.25) is 0 Å². The molecule has 1 atom stereocenters. The zero-order valence-corrected chi connectivity index (χ0v) is 6.66. The SMILES string of the molecule is CC1(OCCO)[CH]C=CC=C1. The van der Waals surface area contributed by atoms with Crippen LogP contribution in [0.4, 0.5) is 0 Å². The molecule has 1 rings (SSSR count). The molecule has 2 heteroatoms. The van der Waals surface area contributed by atoms with E-state index in [9.17, 15) is 0 Å². The molecule has 1 aliphatic carbocycles. The van der Waals surface area contributed by atoms with E-state index in [2.05, 4.69) is 0 Å². The standard InChI is InChI=1S/C9H13O2/c1-9(11-8-7-10)5-3-2-4-6-9/h2-6,10H,7-8H2,1H3. The maximum atomic E-state index is 8.53. The van der Waals surface area contributed by atoms with Crippen molar-refractivity contribution in [1.82, 2.24) is 0 Å². The maximum Gasteiger partial charge on any atom is 0.0907 e. The van der Waals surface area contributed by atoms with Crippen LogP contribution in [0.3, 0.4) is 0 Å². The molecule has 1 N–H and O–H groups in total. The Hall–Kier alpha value is -0.600. The summed E-state index contributed by atoms with van der Waals surface area (Å²) in [5, 5.41) is 8.53. The zero-order valence-electron chi connectivity index (χ0n) is 6.66. The molecule has 0 aromatic heterocycles. The summed E-state index contributed by atoms with van der Waals surface area (Å²) in [6.07, 6.45) is 9.75. The second kappa shape index (κ2) is 3.69. The van der Waals surface area contributed by atoms with Crippen LogP contribution in [0.15, 0.2) is 24.3 Å². The van der Waals surface area contributed by atoms with Crippen LogP contribution in [-0.4, -0.2) is 23.9 Å². The molecule has 0 saturated carbocycles. The van der Waals surface area contributed by atoms with Gasteiger partial charge in [0, 0.05) is 6.42 Å². The minimum atomic E-state index is -0.322. The lowest BCUT2D eigenvalue weighted by atomic mass is 9.98. The van der Waals surface area contributed by atoms with E-state index in [1.54, 1.807) is 0 Å². The van der Waals surface area contributed by atoms with Gasteiger partial charge in [0.2, 0.25) is 0 Å². The van der Waals surface area contributed by atoms with E-state index >= 15 is 0 Å². The molecule has 0 fully saturated rings. The van der Waals surface area contributed by atoms with Crippen LogP contribution in [-0.2, 0) is 4.74 Å². The molecule has 2 nitrogen and oxygen atoms in total. The summed E-state index contributed by atoms with van der Waals surface area (Å²) in [5.41, 5.74) is -0.322. The molecule has 61 valence electrons. The largest absolute Gasteiger partial charge is 0.394 e. The third-order valence-corrected chi connectivity index (χ3v) is 1.58. The Morgan fingerprint density at radius 3 is 2.73 bits per heavy atom. The van der Waals surface area contributed by atoms with Crippen LogP contribution in [0.1, 0.15) is 6.92 Å².